The Hall–Kier alpha value is -3.52. The second-order valence-corrected chi connectivity index (χ2v) is 8.42. The van der Waals surface area contributed by atoms with Gasteiger partial charge >= 0.3 is 0 Å². The molecular weight excluding hydrogens is 593 g/mol. The van der Waals surface area contributed by atoms with Gasteiger partial charge in [-0.15, -0.1) is 17.7 Å². The van der Waals surface area contributed by atoms with Gasteiger partial charge in [0.1, 0.15) is 0 Å². The summed E-state index contributed by atoms with van der Waals surface area (Å²) in [6.45, 7) is 0. The minimum atomic E-state index is -0.491. The van der Waals surface area contributed by atoms with Crippen LogP contribution in [0.3, 0.4) is 0 Å². The van der Waals surface area contributed by atoms with Crippen LogP contribution in [0.4, 0.5) is 0 Å². The quantitative estimate of drug-likeness (QED) is 0.206. The number of hydrogen-bond donors (Lipinski definition) is 0. The van der Waals surface area contributed by atoms with Crippen molar-refractivity contribution in [1.82, 2.24) is 9.78 Å². The fourth-order valence-corrected chi connectivity index (χ4v) is 5.01. The Kier molecular flexibility index (Phi) is 6.15. The molecule has 1 aliphatic carbocycles. The zero-order valence-corrected chi connectivity index (χ0v) is 21.0. The molecule has 0 amide bonds. The molecule has 0 N–H and O–H groups in total. The first-order valence-electron chi connectivity index (χ1n) is 11.3. The Morgan fingerprint density at radius 1 is 0.647 bits per heavy atom. The normalized spacial score (nSPS) is 13.6. The van der Waals surface area contributed by atoms with Crippen LogP contribution in [0.5, 0.6) is 0 Å². The average Bonchev–Trinajstić information content (AvgIpc) is 3.48. The smallest absolute Gasteiger partial charge is 0.0672 e. The van der Waals surface area contributed by atoms with E-state index in [-0.39, 0.29) is 20.1 Å². The summed E-state index contributed by atoms with van der Waals surface area (Å²) in [5, 5.41) is 5.03. The summed E-state index contributed by atoms with van der Waals surface area (Å²) in [6, 6.07) is 42.6. The first kappa shape index (κ1) is 22.3. The second kappa shape index (κ2) is 9.38. The molecule has 1 aliphatic rings. The zero-order valence-electron chi connectivity index (χ0n) is 18.6. The van der Waals surface area contributed by atoms with Crippen molar-refractivity contribution in [2.75, 3.05) is 0 Å². The summed E-state index contributed by atoms with van der Waals surface area (Å²) in [4.78, 5) is 0. The van der Waals surface area contributed by atoms with Gasteiger partial charge in [0.2, 0.25) is 0 Å². The van der Waals surface area contributed by atoms with E-state index in [4.69, 9.17) is 5.10 Å². The van der Waals surface area contributed by atoms with Gasteiger partial charge in [-0.05, 0) is 28.5 Å². The van der Waals surface area contributed by atoms with Gasteiger partial charge in [0.25, 0.3) is 0 Å². The third-order valence-electron chi connectivity index (χ3n) is 6.45. The van der Waals surface area contributed by atoms with Crippen molar-refractivity contribution in [3.05, 3.63) is 167 Å². The molecule has 34 heavy (non-hydrogen) atoms. The van der Waals surface area contributed by atoms with E-state index in [9.17, 15) is 0 Å². The molecule has 1 radical (unpaired) electrons. The van der Waals surface area contributed by atoms with E-state index in [0.29, 0.717) is 0 Å². The molecule has 1 heterocycles. The molecule has 0 atom stereocenters. The van der Waals surface area contributed by atoms with E-state index >= 15 is 0 Å². The predicted octanol–water partition coefficient (Wildman–Crippen LogP) is 6.51. The van der Waals surface area contributed by atoms with Gasteiger partial charge < -0.3 is 0 Å². The van der Waals surface area contributed by atoms with Crippen molar-refractivity contribution in [2.45, 2.75) is 11.8 Å². The van der Waals surface area contributed by atoms with Crippen LogP contribution >= 0.6 is 0 Å². The van der Waals surface area contributed by atoms with Gasteiger partial charge in [0, 0.05) is 38.1 Å². The molecule has 0 bridgehead atoms. The number of benzene rings is 4. The van der Waals surface area contributed by atoms with Gasteiger partial charge in [0.05, 0.1) is 5.69 Å². The Morgan fingerprint density at radius 3 is 1.85 bits per heavy atom. The SMILES string of the molecule is [C-]1=C(n2ccc(Cc3ccccc3)n2)C(c2ccccc2)(c2ccccc2)c2ccccc21.[Ir]. The van der Waals surface area contributed by atoms with E-state index in [0.717, 1.165) is 23.4 Å². The van der Waals surface area contributed by atoms with E-state index in [2.05, 4.69) is 128 Å². The molecule has 0 saturated heterocycles. The fraction of sp³-hybridized carbons (Fsp3) is 0.0645. The summed E-state index contributed by atoms with van der Waals surface area (Å²) < 4.78 is 2.03. The standard InChI is InChI=1S/C31H23N2.Ir/c1-4-12-24(13-5-1)22-28-20-21-33(32-28)30-23-25-14-10-11-19-29(25)31(30,26-15-6-2-7-16-26)27-17-8-3-9-18-27;/h1-21H,22H2;/q-1;. The largest absolute Gasteiger partial charge is 0.257 e. The molecular formula is C31H23IrN2-. The number of nitrogens with zero attached hydrogens (tertiary/aromatic N) is 2. The van der Waals surface area contributed by atoms with Crippen molar-refractivity contribution in [3.8, 4) is 0 Å². The zero-order chi connectivity index (χ0) is 22.1. The Labute approximate surface area is 214 Å². The summed E-state index contributed by atoms with van der Waals surface area (Å²) in [6.07, 6.45) is 6.61. The van der Waals surface area contributed by atoms with Crippen LogP contribution in [0, 0.1) is 6.08 Å². The van der Waals surface area contributed by atoms with Gasteiger partial charge in [-0.2, -0.15) is 22.8 Å². The van der Waals surface area contributed by atoms with Crippen molar-refractivity contribution >= 4 is 5.70 Å². The fourth-order valence-electron chi connectivity index (χ4n) is 5.01. The maximum Gasteiger partial charge on any atom is 0.0672 e. The monoisotopic (exact) mass is 616 g/mol. The van der Waals surface area contributed by atoms with Crippen LogP contribution in [-0.4, -0.2) is 9.78 Å². The summed E-state index contributed by atoms with van der Waals surface area (Å²) >= 11 is 0. The molecule has 2 nitrogen and oxygen atoms in total. The molecule has 0 spiro atoms. The summed E-state index contributed by atoms with van der Waals surface area (Å²) in [5.74, 6) is 0. The summed E-state index contributed by atoms with van der Waals surface area (Å²) in [7, 11) is 0. The molecule has 0 unspecified atom stereocenters. The molecule has 5 aromatic rings. The van der Waals surface area contributed by atoms with Gasteiger partial charge in [0.15, 0.2) is 0 Å². The molecule has 3 heteroatoms. The molecule has 0 fully saturated rings. The molecule has 1 aromatic heterocycles. The van der Waals surface area contributed by atoms with Crippen LogP contribution in [0.1, 0.15) is 33.5 Å². The molecule has 167 valence electrons. The Balaban J connectivity index is 0.00000241. The maximum absolute atomic E-state index is 5.03. The Bertz CT molecular complexity index is 1380. The molecule has 4 aromatic carbocycles. The van der Waals surface area contributed by atoms with Crippen molar-refractivity contribution in [3.63, 3.8) is 0 Å². The number of aromatic nitrogens is 2. The molecule has 0 aliphatic heterocycles. The van der Waals surface area contributed by atoms with E-state index in [1.807, 2.05) is 10.7 Å². The minimum absolute atomic E-state index is 0. The van der Waals surface area contributed by atoms with Crippen LogP contribution in [0.2, 0.25) is 0 Å². The number of fused-ring (bicyclic) bond motifs is 1. The number of rotatable bonds is 5. The van der Waals surface area contributed by atoms with E-state index in [1.165, 1.54) is 22.3 Å². The van der Waals surface area contributed by atoms with Crippen LogP contribution in [0.15, 0.2) is 128 Å². The van der Waals surface area contributed by atoms with Crippen LogP contribution in [-0.2, 0) is 31.9 Å². The van der Waals surface area contributed by atoms with Crippen molar-refractivity contribution in [1.29, 1.82) is 0 Å². The predicted molar refractivity (Wildman–Crippen MR) is 133 cm³/mol. The van der Waals surface area contributed by atoms with Gasteiger partial charge in [-0.3, -0.25) is 4.68 Å². The van der Waals surface area contributed by atoms with Crippen LogP contribution in [0.25, 0.3) is 5.70 Å². The first-order chi connectivity index (χ1) is 16.4. The minimum Gasteiger partial charge on any atom is -0.257 e. The average molecular weight is 616 g/mol. The maximum atomic E-state index is 5.03. The molecule has 0 saturated carbocycles. The second-order valence-electron chi connectivity index (χ2n) is 8.42. The molecule has 6 rings (SSSR count). The Morgan fingerprint density at radius 2 is 1.21 bits per heavy atom. The third-order valence-corrected chi connectivity index (χ3v) is 6.45. The first-order valence-corrected chi connectivity index (χ1v) is 11.3. The van der Waals surface area contributed by atoms with Gasteiger partial charge in [-0.1, -0.05) is 97.1 Å². The van der Waals surface area contributed by atoms with E-state index in [1.54, 1.807) is 0 Å². The van der Waals surface area contributed by atoms with E-state index < -0.39 is 5.41 Å². The van der Waals surface area contributed by atoms with Crippen molar-refractivity contribution in [2.24, 2.45) is 0 Å². The third kappa shape index (κ3) is 3.68. The van der Waals surface area contributed by atoms with Crippen LogP contribution < -0.4 is 0 Å². The number of hydrogen-bond acceptors (Lipinski definition) is 1. The number of allylic oxidation sites excluding steroid dienone is 1. The van der Waals surface area contributed by atoms with Crippen molar-refractivity contribution < 1.29 is 20.1 Å². The van der Waals surface area contributed by atoms with Gasteiger partial charge in [-0.25, -0.2) is 0 Å². The topological polar surface area (TPSA) is 17.8 Å². The summed E-state index contributed by atoms with van der Waals surface area (Å²) in [5.41, 5.74) is 7.61.